The summed E-state index contributed by atoms with van der Waals surface area (Å²) in [4.78, 5) is 18.4. The Kier molecular flexibility index (Phi) is 4.68. The number of aromatic hydroxyl groups is 1. The molecule has 3 aliphatic carbocycles. The number of benzene rings is 2. The fourth-order valence-electron chi connectivity index (χ4n) is 8.95. The first-order chi connectivity index (χ1) is 18.0. The zero-order valence-corrected chi connectivity index (χ0v) is 21.3. The molecule has 6 aliphatic rings. The standard InChI is InChI=1S/C31H36N2O4/c34-24-9-8-21-17-25-31(36)12-10-23(33-14-11-22(29(33)35)16-19-4-2-1-3-5-19)28-30(31,26(21)27(24)37-28)13-15-32(25)18-20-6-7-20/h1-5,8-9,20,22-23,25,28,34,36H,6-7,10-18H2/t22?,23-,25-,28+,30+,31?/m1/s1. The lowest BCUT2D eigenvalue weighted by Crippen LogP contribution is -2.78. The zero-order chi connectivity index (χ0) is 24.9. The van der Waals surface area contributed by atoms with Gasteiger partial charge in [0.1, 0.15) is 6.10 Å². The molecule has 194 valence electrons. The SMILES string of the molecule is O=C1C(Cc2ccccc2)CCN1[C@@H]1CCC2(O)[C@H]3Cc4ccc(O)c5c4[C@@]2(CCN3CC2CC2)[C@H]1O5. The number of phenolic OH excluding ortho intramolecular Hbond substituents is 1. The summed E-state index contributed by atoms with van der Waals surface area (Å²) in [5, 5.41) is 23.6. The lowest BCUT2D eigenvalue weighted by molar-refractivity contribution is -0.200. The van der Waals surface area contributed by atoms with Gasteiger partial charge in [-0.1, -0.05) is 36.4 Å². The maximum Gasteiger partial charge on any atom is 0.226 e. The second-order valence-electron chi connectivity index (χ2n) is 12.6. The number of hydrogen-bond donors (Lipinski definition) is 2. The number of amides is 1. The molecule has 6 nitrogen and oxygen atoms in total. The first-order valence-electron chi connectivity index (χ1n) is 14.3. The predicted molar refractivity (Wildman–Crippen MR) is 139 cm³/mol. The maximum absolute atomic E-state index is 13.8. The van der Waals surface area contributed by atoms with E-state index in [-0.39, 0.29) is 35.8 Å². The summed E-state index contributed by atoms with van der Waals surface area (Å²) >= 11 is 0. The van der Waals surface area contributed by atoms with E-state index in [2.05, 4.69) is 28.0 Å². The average Bonchev–Trinajstić information content (AvgIpc) is 3.55. The van der Waals surface area contributed by atoms with E-state index in [1.165, 1.54) is 24.0 Å². The summed E-state index contributed by atoms with van der Waals surface area (Å²) in [6.45, 7) is 2.75. The lowest BCUT2D eigenvalue weighted by Gasteiger charge is -2.64. The number of nitrogens with zero attached hydrogens (tertiary/aromatic N) is 2. The third-order valence-electron chi connectivity index (χ3n) is 10.8. The van der Waals surface area contributed by atoms with Crippen LogP contribution >= 0.6 is 0 Å². The minimum Gasteiger partial charge on any atom is -0.504 e. The van der Waals surface area contributed by atoms with Crippen LogP contribution in [0.5, 0.6) is 11.5 Å². The monoisotopic (exact) mass is 500 g/mol. The van der Waals surface area contributed by atoms with Crippen molar-refractivity contribution in [2.24, 2.45) is 11.8 Å². The maximum atomic E-state index is 13.8. The molecule has 37 heavy (non-hydrogen) atoms. The summed E-state index contributed by atoms with van der Waals surface area (Å²) in [6.07, 6.45) is 6.94. The van der Waals surface area contributed by atoms with E-state index >= 15 is 0 Å². The van der Waals surface area contributed by atoms with Gasteiger partial charge in [-0.2, -0.15) is 0 Å². The largest absolute Gasteiger partial charge is 0.504 e. The fraction of sp³-hybridized carbons (Fsp3) is 0.581. The summed E-state index contributed by atoms with van der Waals surface area (Å²) in [7, 11) is 0. The highest BCUT2D eigenvalue weighted by molar-refractivity contribution is 5.82. The number of rotatable bonds is 5. The Morgan fingerprint density at radius 2 is 1.84 bits per heavy atom. The number of phenols is 1. The van der Waals surface area contributed by atoms with Crippen LogP contribution in [0, 0.1) is 11.8 Å². The van der Waals surface area contributed by atoms with E-state index in [1.54, 1.807) is 6.07 Å². The van der Waals surface area contributed by atoms with E-state index in [1.807, 2.05) is 18.2 Å². The minimum absolute atomic E-state index is 0.00653. The Balaban J connectivity index is 1.16. The van der Waals surface area contributed by atoms with Gasteiger partial charge in [-0.25, -0.2) is 0 Å². The van der Waals surface area contributed by atoms with Crippen LogP contribution in [0.2, 0.25) is 0 Å². The molecule has 2 N–H and O–H groups in total. The van der Waals surface area contributed by atoms with Gasteiger partial charge in [0.15, 0.2) is 11.5 Å². The highest BCUT2D eigenvalue weighted by Gasteiger charge is 2.73. The molecule has 6 heteroatoms. The van der Waals surface area contributed by atoms with E-state index in [9.17, 15) is 15.0 Å². The Morgan fingerprint density at radius 1 is 1.00 bits per heavy atom. The van der Waals surface area contributed by atoms with Crippen molar-refractivity contribution in [3.63, 3.8) is 0 Å². The first kappa shape index (κ1) is 22.4. The van der Waals surface area contributed by atoms with Crippen molar-refractivity contribution in [1.82, 2.24) is 9.80 Å². The van der Waals surface area contributed by atoms with Gasteiger partial charge in [-0.15, -0.1) is 0 Å². The van der Waals surface area contributed by atoms with Crippen molar-refractivity contribution in [3.05, 3.63) is 59.2 Å². The van der Waals surface area contributed by atoms with E-state index in [0.717, 1.165) is 63.2 Å². The molecule has 2 saturated carbocycles. The van der Waals surface area contributed by atoms with Crippen LogP contribution in [0.15, 0.2) is 42.5 Å². The quantitative estimate of drug-likeness (QED) is 0.658. The van der Waals surface area contributed by atoms with Crippen LogP contribution in [0.4, 0.5) is 0 Å². The van der Waals surface area contributed by atoms with Gasteiger partial charge in [0, 0.05) is 30.6 Å². The lowest BCUT2D eigenvalue weighted by atomic mass is 9.48. The van der Waals surface area contributed by atoms with E-state index in [4.69, 9.17) is 4.74 Å². The molecule has 2 aromatic rings. The number of ether oxygens (including phenoxy) is 1. The van der Waals surface area contributed by atoms with Crippen molar-refractivity contribution >= 4 is 5.91 Å². The first-order valence-corrected chi connectivity index (χ1v) is 14.3. The summed E-state index contributed by atoms with van der Waals surface area (Å²) in [6, 6.07) is 14.1. The Hall–Kier alpha value is -2.57. The number of hydrogen-bond acceptors (Lipinski definition) is 5. The number of likely N-dealkylation sites (tertiary alicyclic amines) is 2. The molecule has 2 saturated heterocycles. The molecule has 1 amide bonds. The van der Waals surface area contributed by atoms with E-state index in [0.29, 0.717) is 12.2 Å². The van der Waals surface area contributed by atoms with Crippen LogP contribution < -0.4 is 4.74 Å². The normalized spacial score (nSPS) is 38.0. The van der Waals surface area contributed by atoms with Gasteiger partial charge in [-0.05, 0) is 81.0 Å². The summed E-state index contributed by atoms with van der Waals surface area (Å²) < 4.78 is 6.71. The number of carbonyl (C=O) groups excluding carboxylic acids is 1. The molecule has 0 aromatic heterocycles. The third kappa shape index (κ3) is 2.97. The molecular formula is C31H36N2O4. The molecular weight excluding hydrogens is 464 g/mol. The van der Waals surface area contributed by atoms with Crippen molar-refractivity contribution in [1.29, 1.82) is 0 Å². The predicted octanol–water partition coefficient (Wildman–Crippen LogP) is 3.42. The van der Waals surface area contributed by atoms with Gasteiger partial charge in [0.2, 0.25) is 5.91 Å². The molecule has 0 radical (unpaired) electrons. The highest BCUT2D eigenvalue weighted by Crippen LogP contribution is 2.66. The smallest absolute Gasteiger partial charge is 0.226 e. The van der Waals surface area contributed by atoms with Crippen LogP contribution in [0.3, 0.4) is 0 Å². The van der Waals surface area contributed by atoms with Crippen LogP contribution in [0.25, 0.3) is 0 Å². The van der Waals surface area contributed by atoms with Crippen molar-refractivity contribution in [2.45, 2.75) is 80.6 Å². The molecule has 2 aromatic carbocycles. The zero-order valence-electron chi connectivity index (χ0n) is 21.3. The number of carbonyl (C=O) groups is 1. The average molecular weight is 501 g/mol. The van der Waals surface area contributed by atoms with Crippen molar-refractivity contribution in [3.8, 4) is 11.5 Å². The van der Waals surface area contributed by atoms with Gasteiger partial charge in [0.25, 0.3) is 0 Å². The summed E-state index contributed by atoms with van der Waals surface area (Å²) in [5.41, 5.74) is 1.98. The molecule has 4 fully saturated rings. The van der Waals surface area contributed by atoms with Crippen LogP contribution in [0.1, 0.15) is 55.2 Å². The van der Waals surface area contributed by atoms with Gasteiger partial charge < -0.3 is 19.8 Å². The number of aliphatic hydroxyl groups is 1. The number of piperidine rings is 1. The summed E-state index contributed by atoms with van der Waals surface area (Å²) in [5.74, 6) is 1.71. The Bertz CT molecular complexity index is 1260. The second kappa shape index (κ2) is 7.73. The fourth-order valence-corrected chi connectivity index (χ4v) is 8.95. The van der Waals surface area contributed by atoms with Gasteiger partial charge >= 0.3 is 0 Å². The molecule has 2 unspecified atom stereocenters. The van der Waals surface area contributed by atoms with Crippen molar-refractivity contribution in [2.75, 3.05) is 19.6 Å². The van der Waals surface area contributed by atoms with E-state index < -0.39 is 11.0 Å². The van der Waals surface area contributed by atoms with Gasteiger partial charge in [0.05, 0.1) is 17.1 Å². The minimum atomic E-state index is -0.903. The second-order valence-corrected chi connectivity index (χ2v) is 12.6. The van der Waals surface area contributed by atoms with Gasteiger partial charge in [-0.3, -0.25) is 9.69 Å². The highest BCUT2D eigenvalue weighted by atomic mass is 16.5. The molecule has 6 atom stereocenters. The van der Waals surface area contributed by atoms with Crippen LogP contribution in [-0.2, 0) is 23.1 Å². The molecule has 3 heterocycles. The Labute approximate surface area is 218 Å². The molecule has 1 spiro atoms. The third-order valence-corrected chi connectivity index (χ3v) is 10.8. The topological polar surface area (TPSA) is 73.2 Å². The Morgan fingerprint density at radius 3 is 2.65 bits per heavy atom. The van der Waals surface area contributed by atoms with Crippen LogP contribution in [-0.4, -0.2) is 69.3 Å². The van der Waals surface area contributed by atoms with Crippen molar-refractivity contribution < 1.29 is 19.7 Å². The molecule has 8 rings (SSSR count). The molecule has 3 aliphatic heterocycles. The molecule has 2 bridgehead atoms.